The number of β-amino-alcohol motifs (C(OH)–C–C–N with tert-alkyl or cyclic N) is 1. The third-order valence-corrected chi connectivity index (χ3v) is 19.0. The summed E-state index contributed by atoms with van der Waals surface area (Å²) in [7, 11) is 1.80. The van der Waals surface area contributed by atoms with Gasteiger partial charge in [-0.2, -0.15) is 5.26 Å². The zero-order chi connectivity index (χ0) is 93.2. The van der Waals surface area contributed by atoms with Gasteiger partial charge in [0.25, 0.3) is 5.72 Å². The number of carboxylic acid groups (broad SMARTS) is 1. The summed E-state index contributed by atoms with van der Waals surface area (Å²) in [4.78, 5) is 74.9. The first-order valence-electron chi connectivity index (χ1n) is 38.8. The zero-order valence-corrected chi connectivity index (χ0v) is 74.4. The molecule has 0 radical (unpaired) electrons. The predicted molar refractivity (Wildman–Crippen MR) is 492 cm³/mol. The molecule has 0 spiro atoms. The van der Waals surface area contributed by atoms with E-state index in [0.717, 1.165) is 67.0 Å². The molecule has 3 heterocycles. The molecule has 0 amide bonds. The summed E-state index contributed by atoms with van der Waals surface area (Å²) in [5.41, 5.74) is 18.4. The van der Waals surface area contributed by atoms with Gasteiger partial charge in [0, 0.05) is 98.7 Å². The monoisotopic (exact) mass is 1910 g/mol. The number of nitriles is 1. The molecule has 0 aliphatic carbocycles. The van der Waals surface area contributed by atoms with E-state index in [1.54, 1.807) is 225 Å². The smallest absolute Gasteiger partial charge is 0.375 e. The highest BCUT2D eigenvalue weighted by atomic mass is 79.9. The molecule has 1 aliphatic rings. The number of nitrogens with zero attached hydrogens (tertiary/aromatic N) is 8. The molecule has 7 N–H and O–H groups in total. The van der Waals surface area contributed by atoms with Crippen LogP contribution >= 0.6 is 73.9 Å². The van der Waals surface area contributed by atoms with Gasteiger partial charge >= 0.3 is 23.9 Å². The lowest BCUT2D eigenvalue weighted by molar-refractivity contribution is -0.162. The van der Waals surface area contributed by atoms with Crippen molar-refractivity contribution in [2.24, 2.45) is 15.7 Å². The second-order valence-corrected chi connectivity index (χ2v) is 29.5. The predicted octanol–water partition coefficient (Wildman–Crippen LogP) is 21.5. The number of nitrogens with two attached hydrogens (primary N) is 2. The summed E-state index contributed by atoms with van der Waals surface area (Å²) in [5.74, 6) is -3.19. The number of esters is 3. The Balaban J connectivity index is 0.000000208. The number of aliphatic hydroxyl groups is 1. The molecule has 128 heavy (non-hydrogen) atoms. The van der Waals surface area contributed by atoms with Gasteiger partial charge in [0.1, 0.15) is 58.2 Å². The number of carbonyl (C=O) groups excluding carboxylic acids is 4. The average Bonchev–Trinajstić information content (AvgIpc) is 1.62. The van der Waals surface area contributed by atoms with Crippen LogP contribution in [0.4, 0.5) is 49.1 Å². The summed E-state index contributed by atoms with van der Waals surface area (Å²) in [6, 6.07) is 73.9. The summed E-state index contributed by atoms with van der Waals surface area (Å²) in [6.07, 6.45) is 5.09. The van der Waals surface area contributed by atoms with Gasteiger partial charge < -0.3 is 55.2 Å². The second kappa shape index (κ2) is 52.7. The number of halogens is 12. The van der Waals surface area contributed by atoms with Crippen molar-refractivity contribution in [3.8, 4) is 17.4 Å². The van der Waals surface area contributed by atoms with E-state index in [9.17, 15) is 55.4 Å². The van der Waals surface area contributed by atoms with Crippen LogP contribution in [0.25, 0.3) is 11.4 Å². The first-order valence-corrected chi connectivity index (χ1v) is 41.8. The number of alkyl halides is 1. The molecule has 664 valence electrons. The highest BCUT2D eigenvalue weighted by molar-refractivity contribution is 9.09. The standard InChI is InChI=1S/C19H18ClFN2O3.C19H16ClFN2O2.C17H12ClFN2O2.C14H12ClFN2.C8H6FN.C7H8FN.C6H6ClN.C5H7BrO3/c1-2-26-18(24)19(25)12-23(16-9-5-14(20)6-10-16)17(22-19)11-13-3-7-15(21)8-4-13;1-2-25-19(24)17-12-23(16-9-5-14(20)6-10-16)18(22-17)11-13-3-7-15(21)8-4-13;18-12-3-7-14(8-4-12)21-10-15(17(22)23)20-16(21)9-11-1-5-13(19)6-2-11;15-11-3-7-13(8-4-11)18-14(17)9-10-1-5-12(16)6-2-10;9-8-3-1-7(2-4-8)5-6-10;1-9-7-4-2-6(8)3-5-7;7-5-1-3-6(8)4-2-5;1-2-9-5(8)4(7)3-6/h3-10,25H,2,11-12H2,1H3;3-10,12H,2,11H2,1H3;1-8,10H,9H2,(H,22,23);1-8H,9H2,(H2,17,18);1-4H,5H2;2-5,9H,1H3;1-4H,8H2;2-3H2,1H3. The lowest BCUT2D eigenvalue weighted by Crippen LogP contribution is -2.43. The molecule has 1 aliphatic heterocycles. The number of aliphatic imine (C=N–C) groups is 2. The van der Waals surface area contributed by atoms with Crippen molar-refractivity contribution in [2.75, 3.05) is 54.7 Å². The maximum atomic E-state index is 13.1. The van der Waals surface area contributed by atoms with Crippen LogP contribution in [0.15, 0.2) is 289 Å². The number of Topliss-reactive ketones (excluding diaryl/α,β-unsaturated/α-hetero) is 1. The number of benzene rings is 11. The Morgan fingerprint density at radius 3 is 1.24 bits per heavy atom. The Bertz CT molecular complexity index is 5800. The summed E-state index contributed by atoms with van der Waals surface area (Å²) in [6.45, 7) is 5.66. The SMILES string of the molecule is CCOC(=O)C(=O)CBr.CCOC(=O)C1(O)CN(c2ccc(Cl)cc2)C(Cc2ccc(F)cc2)=N1.CCOC(=O)c1cn(-c2ccc(Cl)cc2)c(Cc2ccc(F)cc2)n1.CNc1ccc(F)cc1.N#CCc1ccc(F)cc1.NC(Cc1ccc(F)cc1)=Nc1ccc(Cl)cc1.Nc1ccc(Cl)cc1.O=C(O)c1cn(-c2ccc(Cl)cc2)c(Cc2ccc(F)cc2)n1. The molecule has 0 bridgehead atoms. The Hall–Kier alpha value is -13.1. The number of hydrogen-bond acceptors (Lipinski definition) is 17. The molecule has 14 rings (SSSR count). The molecule has 0 fully saturated rings. The maximum Gasteiger partial charge on any atom is 0.375 e. The molecule has 2 aromatic heterocycles. The number of carboxylic acids is 1. The molecule has 21 nitrogen and oxygen atoms in total. The Kier molecular flexibility index (Phi) is 42.0. The van der Waals surface area contributed by atoms with Gasteiger partial charge in [-0.05, 0) is 255 Å². The van der Waals surface area contributed by atoms with E-state index in [1.807, 2.05) is 22.8 Å². The van der Waals surface area contributed by atoms with Crippen LogP contribution in [-0.4, -0.2) is 115 Å². The number of aromatic carboxylic acids is 1. The lowest BCUT2D eigenvalue weighted by atomic mass is 10.1. The number of anilines is 3. The average molecular weight is 1910 g/mol. The number of imidazole rings is 2. The van der Waals surface area contributed by atoms with Gasteiger partial charge in [0.2, 0.25) is 5.78 Å². The maximum absolute atomic E-state index is 13.1. The number of rotatable bonds is 22. The molecule has 1 atom stereocenters. The van der Waals surface area contributed by atoms with E-state index in [4.69, 9.17) is 89.3 Å². The lowest BCUT2D eigenvalue weighted by Gasteiger charge is -2.23. The first-order chi connectivity index (χ1) is 61.3. The van der Waals surface area contributed by atoms with Crippen molar-refractivity contribution in [1.29, 1.82) is 5.26 Å². The molecule has 11 aromatic carbocycles. The zero-order valence-electron chi connectivity index (χ0n) is 69.1. The number of carbonyl (C=O) groups is 5. The van der Waals surface area contributed by atoms with Crippen molar-refractivity contribution < 1.29 is 74.7 Å². The number of nitrogen functional groups attached to an aromatic ring is 1. The minimum absolute atomic E-state index is 0.0336. The van der Waals surface area contributed by atoms with E-state index in [-0.39, 0.29) is 78.0 Å². The van der Waals surface area contributed by atoms with E-state index in [2.05, 4.69) is 45.9 Å². The van der Waals surface area contributed by atoms with E-state index < -0.39 is 35.4 Å². The van der Waals surface area contributed by atoms with Gasteiger partial charge in [-0.15, -0.1) is 0 Å². The number of aromatic nitrogens is 4. The van der Waals surface area contributed by atoms with Crippen LogP contribution in [0.1, 0.15) is 81.2 Å². The number of nitrogens with one attached hydrogen (secondary N) is 1. The number of ketones is 1. The molecule has 33 heteroatoms. The fraction of sp³-hybridized carbons (Fsp3) is 0.158. The molecule has 0 saturated heterocycles. The number of ether oxygens (including phenoxy) is 3. The van der Waals surface area contributed by atoms with Gasteiger partial charge in [-0.1, -0.05) is 135 Å². The van der Waals surface area contributed by atoms with Crippen molar-refractivity contribution in [1.82, 2.24) is 19.1 Å². The van der Waals surface area contributed by atoms with Crippen molar-refractivity contribution >= 4 is 138 Å². The second-order valence-electron chi connectivity index (χ2n) is 26.8. The van der Waals surface area contributed by atoms with E-state index in [1.165, 1.54) is 79.0 Å². The molecular formula is C95H85BrCl5F6N11O10. The van der Waals surface area contributed by atoms with Gasteiger partial charge in [0.05, 0.1) is 49.9 Å². The molecule has 1 unspecified atom stereocenters. The van der Waals surface area contributed by atoms with Crippen LogP contribution in [0.5, 0.6) is 0 Å². The van der Waals surface area contributed by atoms with Gasteiger partial charge in [-0.3, -0.25) is 4.79 Å². The molecular weight excluding hydrogens is 1830 g/mol. The topological polar surface area (TPSA) is 305 Å². The molecule has 13 aromatic rings. The summed E-state index contributed by atoms with van der Waals surface area (Å²) < 4.78 is 94.3. The van der Waals surface area contributed by atoms with Crippen molar-refractivity contribution in [3.63, 3.8) is 0 Å². The van der Waals surface area contributed by atoms with Crippen LogP contribution in [0.2, 0.25) is 25.1 Å². The quantitative estimate of drug-likeness (QED) is 0.00615. The van der Waals surface area contributed by atoms with Crippen LogP contribution in [0.3, 0.4) is 0 Å². The minimum atomic E-state index is -1.98. The summed E-state index contributed by atoms with van der Waals surface area (Å²) >= 11 is 31.9. The van der Waals surface area contributed by atoms with Gasteiger partial charge in [-0.25, -0.2) is 65.5 Å². The van der Waals surface area contributed by atoms with Crippen molar-refractivity contribution in [3.05, 3.63) is 390 Å². The largest absolute Gasteiger partial charge is 0.476 e. The van der Waals surface area contributed by atoms with Crippen molar-refractivity contribution in [2.45, 2.75) is 58.6 Å². The van der Waals surface area contributed by atoms with Gasteiger partial charge in [0.15, 0.2) is 11.4 Å². The van der Waals surface area contributed by atoms with E-state index >= 15 is 0 Å². The number of hydrogen-bond donors (Lipinski definition) is 5. The fourth-order valence-electron chi connectivity index (χ4n) is 11.0. The minimum Gasteiger partial charge on any atom is -0.476 e. The van der Waals surface area contributed by atoms with Crippen LogP contribution in [0, 0.1) is 46.2 Å². The Morgan fingerprint density at radius 1 is 0.500 bits per heavy atom. The van der Waals surface area contributed by atoms with E-state index in [0.29, 0.717) is 75.5 Å². The highest BCUT2D eigenvalue weighted by Gasteiger charge is 2.46. The number of amidine groups is 2. The normalized spacial score (nSPS) is 12.1. The Labute approximate surface area is 768 Å². The highest BCUT2D eigenvalue weighted by Crippen LogP contribution is 2.30. The third-order valence-electron chi connectivity index (χ3n) is 17.3. The fourth-order valence-corrected chi connectivity index (χ4v) is 11.9. The van der Waals surface area contributed by atoms with Crippen LogP contribution in [-0.2, 0) is 60.7 Å². The summed E-state index contributed by atoms with van der Waals surface area (Å²) in [5, 5.41) is 34.2. The third kappa shape index (κ3) is 35.0. The van der Waals surface area contributed by atoms with Crippen LogP contribution < -0.4 is 21.7 Å². The Morgan fingerprint density at radius 2 is 0.859 bits per heavy atom. The first kappa shape index (κ1) is 102. The molecule has 0 saturated carbocycles.